The zero-order valence-electron chi connectivity index (χ0n) is 19.2. The number of amides is 1. The molecule has 0 bridgehead atoms. The largest absolute Gasteiger partial charge is 0.464 e. The van der Waals surface area contributed by atoms with E-state index in [4.69, 9.17) is 9.47 Å². The van der Waals surface area contributed by atoms with E-state index in [1.807, 2.05) is 19.1 Å². The Morgan fingerprint density at radius 2 is 2.12 bits per heavy atom. The number of ether oxygens (including phenoxy) is 2. The zero-order valence-corrected chi connectivity index (χ0v) is 19.2. The van der Waals surface area contributed by atoms with Crippen LogP contribution in [-0.2, 0) is 23.9 Å². The average molecular weight is 442 g/mol. The number of nitrogens with zero attached hydrogens (tertiary/aromatic N) is 1. The molecule has 3 rings (SSSR count). The van der Waals surface area contributed by atoms with Crippen molar-refractivity contribution in [2.75, 3.05) is 6.61 Å². The lowest BCUT2D eigenvalue weighted by Gasteiger charge is -2.50. The van der Waals surface area contributed by atoms with Crippen LogP contribution in [0.2, 0.25) is 0 Å². The zero-order chi connectivity index (χ0) is 22.9. The van der Waals surface area contributed by atoms with Gasteiger partial charge >= 0.3 is 5.97 Å². The monoisotopic (exact) mass is 441 g/mol. The van der Waals surface area contributed by atoms with Crippen molar-refractivity contribution in [3.63, 3.8) is 0 Å². The summed E-state index contributed by atoms with van der Waals surface area (Å²) in [7, 11) is 0. The van der Waals surface area contributed by atoms with Crippen LogP contribution in [0.4, 0.5) is 0 Å². The summed E-state index contributed by atoms with van der Waals surface area (Å²) in [5.41, 5.74) is 1.04. The van der Waals surface area contributed by atoms with Gasteiger partial charge in [-0.25, -0.2) is 4.79 Å². The predicted molar refractivity (Wildman–Crippen MR) is 123 cm³/mol. The van der Waals surface area contributed by atoms with Gasteiger partial charge in [0, 0.05) is 12.3 Å². The van der Waals surface area contributed by atoms with Crippen LogP contribution in [0.3, 0.4) is 0 Å². The number of carbonyl (C=O) groups excluding carboxylic acids is 3. The molecule has 6 heteroatoms. The topological polar surface area (TPSA) is 72.9 Å². The predicted octanol–water partition coefficient (Wildman–Crippen LogP) is 4.07. The quantitative estimate of drug-likeness (QED) is 0.377. The molecule has 1 saturated heterocycles. The van der Waals surface area contributed by atoms with Crippen molar-refractivity contribution in [2.45, 2.75) is 83.1 Å². The van der Waals surface area contributed by atoms with E-state index in [-0.39, 0.29) is 43.0 Å². The first-order valence-electron chi connectivity index (χ1n) is 11.9. The molecule has 0 spiro atoms. The van der Waals surface area contributed by atoms with Crippen molar-refractivity contribution in [2.24, 2.45) is 5.92 Å². The van der Waals surface area contributed by atoms with Crippen molar-refractivity contribution < 1.29 is 23.9 Å². The van der Waals surface area contributed by atoms with Gasteiger partial charge in [0.2, 0.25) is 0 Å². The highest BCUT2D eigenvalue weighted by Crippen LogP contribution is 2.37. The van der Waals surface area contributed by atoms with E-state index in [9.17, 15) is 14.4 Å². The van der Waals surface area contributed by atoms with Gasteiger partial charge in [-0.2, -0.15) is 0 Å². The molecule has 0 aromatic rings. The SMILES string of the molecule is CCCC(C(=O)OCC)N1C(=O)C(CCC=O)OC(C2=CCCC=C2)C1C1C=CC=CC1. The van der Waals surface area contributed by atoms with Crippen molar-refractivity contribution in [3.05, 3.63) is 48.1 Å². The lowest BCUT2D eigenvalue weighted by Crippen LogP contribution is -2.65. The van der Waals surface area contributed by atoms with Crippen molar-refractivity contribution in [1.29, 1.82) is 0 Å². The van der Waals surface area contributed by atoms with Crippen LogP contribution in [0, 0.1) is 5.92 Å². The molecule has 0 N–H and O–H groups in total. The Labute approximate surface area is 191 Å². The maximum absolute atomic E-state index is 13.7. The minimum Gasteiger partial charge on any atom is -0.464 e. The van der Waals surface area contributed by atoms with Gasteiger partial charge in [-0.3, -0.25) is 4.79 Å². The molecule has 0 saturated carbocycles. The Morgan fingerprint density at radius 3 is 2.75 bits per heavy atom. The molecule has 0 aromatic heterocycles. The Kier molecular flexibility index (Phi) is 9.03. The smallest absolute Gasteiger partial charge is 0.328 e. The van der Waals surface area contributed by atoms with Gasteiger partial charge < -0.3 is 19.2 Å². The van der Waals surface area contributed by atoms with Crippen LogP contribution in [-0.4, -0.2) is 54.0 Å². The highest BCUT2D eigenvalue weighted by Gasteiger charge is 2.50. The van der Waals surface area contributed by atoms with E-state index in [1.54, 1.807) is 11.8 Å². The summed E-state index contributed by atoms with van der Waals surface area (Å²) in [5, 5.41) is 0. The van der Waals surface area contributed by atoms with Crippen molar-refractivity contribution in [3.8, 4) is 0 Å². The van der Waals surface area contributed by atoms with E-state index in [0.29, 0.717) is 12.8 Å². The minimum absolute atomic E-state index is 0.0194. The van der Waals surface area contributed by atoms with E-state index in [0.717, 1.165) is 37.5 Å². The number of carbonyl (C=O) groups is 3. The fourth-order valence-corrected chi connectivity index (χ4v) is 4.83. The number of hydrogen-bond donors (Lipinski definition) is 0. The van der Waals surface area contributed by atoms with Crippen LogP contribution >= 0.6 is 0 Å². The molecule has 0 aromatic carbocycles. The molecule has 2 aliphatic carbocycles. The number of morpholine rings is 1. The van der Waals surface area contributed by atoms with Gasteiger partial charge in [-0.1, -0.05) is 55.9 Å². The van der Waals surface area contributed by atoms with Gasteiger partial charge in [-0.15, -0.1) is 0 Å². The van der Waals surface area contributed by atoms with Crippen LogP contribution in [0.25, 0.3) is 0 Å². The maximum Gasteiger partial charge on any atom is 0.328 e. The summed E-state index contributed by atoms with van der Waals surface area (Å²) in [6.07, 6.45) is 18.7. The Morgan fingerprint density at radius 1 is 1.28 bits per heavy atom. The highest BCUT2D eigenvalue weighted by atomic mass is 16.5. The molecule has 5 unspecified atom stereocenters. The molecule has 1 aliphatic heterocycles. The van der Waals surface area contributed by atoms with Gasteiger partial charge in [0.25, 0.3) is 5.91 Å². The second-order valence-electron chi connectivity index (χ2n) is 8.48. The van der Waals surface area contributed by atoms with Crippen LogP contribution in [0.5, 0.6) is 0 Å². The number of hydrogen-bond acceptors (Lipinski definition) is 5. The normalized spacial score (nSPS) is 28.4. The summed E-state index contributed by atoms with van der Waals surface area (Å²) in [6, 6.07) is -0.999. The van der Waals surface area contributed by atoms with E-state index in [1.165, 1.54) is 0 Å². The van der Waals surface area contributed by atoms with E-state index in [2.05, 4.69) is 30.4 Å². The third-order valence-corrected chi connectivity index (χ3v) is 6.28. The fourth-order valence-electron chi connectivity index (χ4n) is 4.83. The minimum atomic E-state index is -0.755. The number of rotatable bonds is 10. The summed E-state index contributed by atoms with van der Waals surface area (Å²) >= 11 is 0. The summed E-state index contributed by atoms with van der Waals surface area (Å²) in [6.45, 7) is 4.05. The summed E-state index contributed by atoms with van der Waals surface area (Å²) < 4.78 is 11.8. The number of esters is 1. The molecule has 6 nitrogen and oxygen atoms in total. The summed E-state index contributed by atoms with van der Waals surface area (Å²) in [5.74, 6) is -0.570. The molecule has 1 fully saturated rings. The van der Waals surface area contributed by atoms with Gasteiger partial charge in [0.05, 0.1) is 12.6 Å². The third kappa shape index (κ3) is 5.47. The first-order valence-corrected chi connectivity index (χ1v) is 11.9. The van der Waals surface area contributed by atoms with E-state index >= 15 is 0 Å². The molecular formula is C26H35NO5. The molecular weight excluding hydrogens is 406 g/mol. The second-order valence-corrected chi connectivity index (χ2v) is 8.48. The molecule has 5 atom stereocenters. The fraction of sp³-hybridized carbons (Fsp3) is 0.577. The third-order valence-electron chi connectivity index (χ3n) is 6.28. The van der Waals surface area contributed by atoms with Crippen LogP contribution in [0.15, 0.2) is 48.1 Å². The molecule has 174 valence electrons. The Hall–Kier alpha value is -2.47. The highest BCUT2D eigenvalue weighted by molar-refractivity contribution is 5.88. The van der Waals surface area contributed by atoms with Gasteiger partial charge in [-0.05, 0) is 44.6 Å². The standard InChI is InChI=1S/C26H35NO5/c1-3-12-21(26(30)31-4-2)27-23(19-13-7-5-8-14-19)24(20-15-9-6-10-16-20)32-22(25(27)29)17-11-18-28/h5,7-9,13,15-16,18-19,21-24H,3-4,6,10-12,14,17H2,1-2H3. The maximum atomic E-state index is 13.7. The average Bonchev–Trinajstić information content (AvgIpc) is 2.83. The van der Waals surface area contributed by atoms with Crippen molar-refractivity contribution in [1.82, 2.24) is 4.90 Å². The second kappa shape index (κ2) is 12.0. The Balaban J connectivity index is 2.07. The molecule has 32 heavy (non-hydrogen) atoms. The van der Waals surface area contributed by atoms with Gasteiger partial charge in [0.15, 0.2) is 0 Å². The molecule has 3 aliphatic rings. The lowest BCUT2D eigenvalue weighted by molar-refractivity contribution is -0.183. The Bertz CT molecular complexity index is 796. The van der Waals surface area contributed by atoms with Gasteiger partial charge in [0.1, 0.15) is 24.5 Å². The van der Waals surface area contributed by atoms with Crippen LogP contribution < -0.4 is 0 Å². The first-order chi connectivity index (χ1) is 15.6. The van der Waals surface area contributed by atoms with Crippen molar-refractivity contribution >= 4 is 18.2 Å². The first kappa shape index (κ1) is 24.2. The summed E-state index contributed by atoms with van der Waals surface area (Å²) in [4.78, 5) is 39.6. The molecule has 1 amide bonds. The number of allylic oxidation sites excluding steroid dienone is 5. The lowest BCUT2D eigenvalue weighted by atomic mass is 9.81. The van der Waals surface area contributed by atoms with Crippen LogP contribution in [0.1, 0.15) is 58.8 Å². The van der Waals surface area contributed by atoms with E-state index < -0.39 is 12.1 Å². The molecule has 1 heterocycles. The molecule has 0 radical (unpaired) electrons. The number of aldehydes is 1.